The molecule has 2 amide bonds. The summed E-state index contributed by atoms with van der Waals surface area (Å²) in [6.45, 7) is 7.29. The first-order valence-corrected chi connectivity index (χ1v) is 10.5. The Morgan fingerprint density at radius 3 is 2.36 bits per heavy atom. The molecule has 2 aromatic carbocycles. The molecule has 0 aliphatic carbocycles. The van der Waals surface area contributed by atoms with Gasteiger partial charge in [0, 0.05) is 29.4 Å². The van der Waals surface area contributed by atoms with Crippen LogP contribution in [0.15, 0.2) is 90.2 Å². The average molecular weight is 434 g/mol. The van der Waals surface area contributed by atoms with E-state index in [-0.39, 0.29) is 17.7 Å². The van der Waals surface area contributed by atoms with Crippen LogP contribution in [0.2, 0.25) is 0 Å². The third-order valence-corrected chi connectivity index (χ3v) is 5.53. The van der Waals surface area contributed by atoms with Crippen molar-refractivity contribution in [2.45, 2.75) is 13.8 Å². The Bertz CT molecular complexity index is 1350. The van der Waals surface area contributed by atoms with Crippen LogP contribution in [0.5, 0.6) is 0 Å². The van der Waals surface area contributed by atoms with Gasteiger partial charge in [0.15, 0.2) is 0 Å². The maximum atomic E-state index is 13.2. The number of hydrogen-bond acceptors (Lipinski definition) is 4. The van der Waals surface area contributed by atoms with Gasteiger partial charge in [0.1, 0.15) is 11.6 Å². The number of aromatic nitrogens is 2. The maximum Gasteiger partial charge on any atom is 0.271 e. The monoisotopic (exact) mass is 434 g/mol. The van der Waals surface area contributed by atoms with Crippen molar-refractivity contribution >= 4 is 17.9 Å². The highest BCUT2D eigenvalue weighted by molar-refractivity contribution is 6.19. The molecule has 0 saturated carbocycles. The SMILES string of the molecule is C=CCN1C(=O)C(C#N)=C(C)/C(=C\c2cn(-c3ccccc3)nc2-c2ccc(C)cc2)C1=O. The summed E-state index contributed by atoms with van der Waals surface area (Å²) in [4.78, 5) is 26.8. The largest absolute Gasteiger partial charge is 0.271 e. The van der Waals surface area contributed by atoms with E-state index < -0.39 is 11.8 Å². The van der Waals surface area contributed by atoms with Crippen LogP contribution in [-0.2, 0) is 9.59 Å². The van der Waals surface area contributed by atoms with Crippen molar-refractivity contribution in [2.75, 3.05) is 6.54 Å². The molecule has 3 aromatic rings. The zero-order valence-electron chi connectivity index (χ0n) is 18.4. The molecular formula is C27H22N4O2. The van der Waals surface area contributed by atoms with Crippen LogP contribution in [0.1, 0.15) is 18.1 Å². The summed E-state index contributed by atoms with van der Waals surface area (Å²) < 4.78 is 1.76. The second-order valence-corrected chi connectivity index (χ2v) is 7.76. The molecule has 1 aliphatic heterocycles. The highest BCUT2D eigenvalue weighted by Crippen LogP contribution is 2.31. The first kappa shape index (κ1) is 21.7. The summed E-state index contributed by atoms with van der Waals surface area (Å²) in [6, 6.07) is 19.6. The van der Waals surface area contributed by atoms with E-state index in [0.717, 1.165) is 21.7 Å². The quantitative estimate of drug-likeness (QED) is 0.333. The van der Waals surface area contributed by atoms with E-state index in [2.05, 4.69) is 6.58 Å². The minimum absolute atomic E-state index is 0.0293. The number of aryl methyl sites for hydroxylation is 1. The standard InChI is InChI=1S/C27H22N4O2/c1-4-14-30-26(32)23(19(3)24(16-28)27(30)33)15-21-17-31(22-8-6-5-7-9-22)29-25(21)20-12-10-18(2)11-13-20/h4-13,15,17H,1,14H2,2-3H3/b23-15+. The lowest BCUT2D eigenvalue weighted by molar-refractivity contribution is -0.139. The number of nitriles is 1. The van der Waals surface area contributed by atoms with Crippen molar-refractivity contribution in [1.29, 1.82) is 5.26 Å². The molecule has 0 saturated heterocycles. The molecule has 0 fully saturated rings. The lowest BCUT2D eigenvalue weighted by Gasteiger charge is -2.26. The van der Waals surface area contributed by atoms with Gasteiger partial charge in [-0.1, -0.05) is 54.1 Å². The van der Waals surface area contributed by atoms with Crippen LogP contribution in [0.25, 0.3) is 23.0 Å². The van der Waals surface area contributed by atoms with Crippen LogP contribution >= 0.6 is 0 Å². The van der Waals surface area contributed by atoms with Gasteiger partial charge in [-0.2, -0.15) is 10.4 Å². The number of nitrogens with zero attached hydrogens (tertiary/aromatic N) is 4. The fourth-order valence-corrected chi connectivity index (χ4v) is 3.72. The van der Waals surface area contributed by atoms with Crippen LogP contribution in [0, 0.1) is 18.3 Å². The van der Waals surface area contributed by atoms with Crippen LogP contribution in [0.4, 0.5) is 0 Å². The highest BCUT2D eigenvalue weighted by Gasteiger charge is 2.35. The normalized spacial score (nSPS) is 15.2. The van der Waals surface area contributed by atoms with Crippen LogP contribution in [0.3, 0.4) is 0 Å². The molecule has 2 heterocycles. The second-order valence-electron chi connectivity index (χ2n) is 7.76. The molecule has 6 nitrogen and oxygen atoms in total. The number of carbonyl (C=O) groups is 2. The number of imide groups is 1. The van der Waals surface area contributed by atoms with Crippen molar-refractivity contribution in [1.82, 2.24) is 14.7 Å². The number of carbonyl (C=O) groups excluding carboxylic acids is 2. The van der Waals surface area contributed by atoms with Gasteiger partial charge in [-0.05, 0) is 37.6 Å². The van der Waals surface area contributed by atoms with Gasteiger partial charge >= 0.3 is 0 Å². The van der Waals surface area contributed by atoms with Gasteiger partial charge in [0.25, 0.3) is 11.8 Å². The van der Waals surface area contributed by atoms with E-state index in [1.807, 2.05) is 73.8 Å². The number of rotatable bonds is 5. The molecule has 4 rings (SSSR count). The molecule has 0 spiro atoms. The van der Waals surface area contributed by atoms with Crippen molar-refractivity contribution in [3.8, 4) is 23.0 Å². The van der Waals surface area contributed by atoms with E-state index in [1.54, 1.807) is 17.7 Å². The van der Waals surface area contributed by atoms with Gasteiger partial charge < -0.3 is 0 Å². The fraction of sp³-hybridized carbons (Fsp3) is 0.111. The molecular weight excluding hydrogens is 412 g/mol. The molecule has 6 heteroatoms. The Hall–Kier alpha value is -4.50. The zero-order chi connectivity index (χ0) is 23.5. The number of hydrogen-bond donors (Lipinski definition) is 0. The number of amides is 2. The van der Waals surface area contributed by atoms with Gasteiger partial charge in [-0.15, -0.1) is 6.58 Å². The van der Waals surface area contributed by atoms with E-state index in [0.29, 0.717) is 16.8 Å². The van der Waals surface area contributed by atoms with Gasteiger partial charge in [0.2, 0.25) is 0 Å². The molecule has 162 valence electrons. The second kappa shape index (κ2) is 8.93. The van der Waals surface area contributed by atoms with E-state index in [9.17, 15) is 14.9 Å². The van der Waals surface area contributed by atoms with E-state index in [1.165, 1.54) is 6.08 Å². The van der Waals surface area contributed by atoms with Gasteiger partial charge in [0.05, 0.1) is 11.4 Å². The topological polar surface area (TPSA) is 79.0 Å². The molecule has 33 heavy (non-hydrogen) atoms. The summed E-state index contributed by atoms with van der Waals surface area (Å²) >= 11 is 0. The predicted molar refractivity (Wildman–Crippen MR) is 127 cm³/mol. The minimum Gasteiger partial charge on any atom is -0.270 e. The zero-order valence-corrected chi connectivity index (χ0v) is 18.4. The molecule has 0 unspecified atom stereocenters. The molecule has 0 bridgehead atoms. The highest BCUT2D eigenvalue weighted by atomic mass is 16.2. The Morgan fingerprint density at radius 2 is 1.73 bits per heavy atom. The number of para-hydroxylation sites is 1. The van der Waals surface area contributed by atoms with Crippen molar-refractivity contribution in [2.24, 2.45) is 0 Å². The summed E-state index contributed by atoms with van der Waals surface area (Å²) in [5, 5.41) is 14.4. The Labute approximate surface area is 192 Å². The fourth-order valence-electron chi connectivity index (χ4n) is 3.72. The van der Waals surface area contributed by atoms with Crippen LogP contribution in [-0.4, -0.2) is 33.0 Å². The van der Waals surface area contributed by atoms with Crippen LogP contribution < -0.4 is 0 Å². The molecule has 1 aromatic heterocycles. The smallest absolute Gasteiger partial charge is 0.270 e. The Balaban J connectivity index is 1.92. The van der Waals surface area contributed by atoms with Crippen molar-refractivity contribution in [3.05, 3.63) is 101 Å². The first-order valence-electron chi connectivity index (χ1n) is 10.5. The summed E-state index contributed by atoms with van der Waals surface area (Å²) in [5.74, 6) is -1.06. The van der Waals surface area contributed by atoms with Gasteiger partial charge in [-0.3, -0.25) is 14.5 Å². The molecule has 0 atom stereocenters. The molecule has 0 N–H and O–H groups in total. The predicted octanol–water partition coefficient (Wildman–Crippen LogP) is 4.63. The third kappa shape index (κ3) is 4.04. The summed E-state index contributed by atoms with van der Waals surface area (Å²) in [5.41, 5.74) is 4.89. The number of benzene rings is 2. The van der Waals surface area contributed by atoms with Crippen molar-refractivity contribution in [3.63, 3.8) is 0 Å². The molecule has 0 radical (unpaired) electrons. The van der Waals surface area contributed by atoms with Crippen molar-refractivity contribution < 1.29 is 9.59 Å². The Morgan fingerprint density at radius 1 is 1.03 bits per heavy atom. The summed E-state index contributed by atoms with van der Waals surface area (Å²) in [6.07, 6.45) is 5.02. The maximum absolute atomic E-state index is 13.2. The third-order valence-electron chi connectivity index (χ3n) is 5.53. The first-order chi connectivity index (χ1) is 15.9. The lowest BCUT2D eigenvalue weighted by Crippen LogP contribution is -2.42. The Kier molecular flexibility index (Phi) is 5.88. The van der Waals surface area contributed by atoms with E-state index in [4.69, 9.17) is 5.10 Å². The van der Waals surface area contributed by atoms with E-state index >= 15 is 0 Å². The summed E-state index contributed by atoms with van der Waals surface area (Å²) in [7, 11) is 0. The molecule has 1 aliphatic rings. The average Bonchev–Trinajstić information content (AvgIpc) is 3.25. The minimum atomic E-state index is -0.601. The lowest BCUT2D eigenvalue weighted by atomic mass is 9.93. The van der Waals surface area contributed by atoms with Gasteiger partial charge in [-0.25, -0.2) is 4.68 Å².